The number of aromatic nitrogens is 1. The van der Waals surface area contributed by atoms with Crippen molar-refractivity contribution in [1.82, 2.24) is 4.57 Å². The molecule has 2 heterocycles. The van der Waals surface area contributed by atoms with E-state index in [1.165, 1.54) is 0 Å². The van der Waals surface area contributed by atoms with E-state index in [-0.39, 0.29) is 0 Å². The van der Waals surface area contributed by atoms with Gasteiger partial charge in [-0.25, -0.2) is 0 Å². The Morgan fingerprint density at radius 3 is 2.93 bits per heavy atom. The van der Waals surface area contributed by atoms with Crippen molar-refractivity contribution >= 4 is 17.3 Å². The summed E-state index contributed by atoms with van der Waals surface area (Å²) in [4.78, 5) is 0. The summed E-state index contributed by atoms with van der Waals surface area (Å²) in [6, 6.07) is 9.32. The first-order chi connectivity index (χ1) is 7.31. The molecule has 0 atom stereocenters. The number of hydrogen-bond donors (Lipinski definition) is 1. The molecule has 0 saturated carbocycles. The van der Waals surface area contributed by atoms with Crippen molar-refractivity contribution in [2.24, 2.45) is 5.16 Å². The molecule has 1 N–H and O–H groups in total. The van der Waals surface area contributed by atoms with Crippen LogP contribution in [-0.4, -0.2) is 15.5 Å². The van der Waals surface area contributed by atoms with Crippen LogP contribution in [0.3, 0.4) is 0 Å². The van der Waals surface area contributed by atoms with Crippen LogP contribution in [0.1, 0.15) is 11.3 Å². The summed E-state index contributed by atoms with van der Waals surface area (Å²) in [7, 11) is 0. The summed E-state index contributed by atoms with van der Waals surface area (Å²) in [5, 5.41) is 13.0. The van der Waals surface area contributed by atoms with Crippen molar-refractivity contribution < 1.29 is 5.21 Å². The highest BCUT2D eigenvalue weighted by molar-refractivity contribution is 6.31. The normalized spacial score (nSPS) is 15.4. The molecular formula is C11H7ClN2O. The van der Waals surface area contributed by atoms with Crippen molar-refractivity contribution in [2.75, 3.05) is 0 Å². The van der Waals surface area contributed by atoms with Crippen LogP contribution in [0.5, 0.6) is 0 Å². The van der Waals surface area contributed by atoms with E-state index >= 15 is 0 Å². The smallest absolute Gasteiger partial charge is 0.135 e. The standard InChI is InChI=1S/C11H7ClN2O/c12-7-3-4-8-10(6-7)14-5-1-2-9(14)11(8)13-15/h1-6,15H/b13-11-. The van der Waals surface area contributed by atoms with Crippen LogP contribution in [0.25, 0.3) is 5.69 Å². The van der Waals surface area contributed by atoms with E-state index in [9.17, 15) is 0 Å². The SMILES string of the molecule is O/N=C1/c2ccc(Cl)cc2-n2cccc21. The number of hydrogen-bond acceptors (Lipinski definition) is 2. The monoisotopic (exact) mass is 218 g/mol. The van der Waals surface area contributed by atoms with Crippen molar-refractivity contribution in [1.29, 1.82) is 0 Å². The van der Waals surface area contributed by atoms with Gasteiger partial charge in [0.15, 0.2) is 0 Å². The topological polar surface area (TPSA) is 37.5 Å². The quantitative estimate of drug-likeness (QED) is 0.457. The average molecular weight is 219 g/mol. The van der Waals surface area contributed by atoms with E-state index in [4.69, 9.17) is 16.8 Å². The van der Waals surface area contributed by atoms with Gasteiger partial charge in [-0.3, -0.25) is 0 Å². The lowest BCUT2D eigenvalue weighted by atomic mass is 10.1. The average Bonchev–Trinajstić information content (AvgIpc) is 2.77. The number of rotatable bonds is 0. The maximum absolute atomic E-state index is 8.99. The lowest BCUT2D eigenvalue weighted by Gasteiger charge is -2.00. The van der Waals surface area contributed by atoms with Crippen molar-refractivity contribution in [3.05, 3.63) is 52.8 Å². The summed E-state index contributed by atoms with van der Waals surface area (Å²) in [5.41, 5.74) is 3.33. The fourth-order valence-electron chi connectivity index (χ4n) is 1.93. The second kappa shape index (κ2) is 2.87. The third-order valence-corrected chi connectivity index (χ3v) is 2.80. The predicted octanol–water partition coefficient (Wildman–Crippen LogP) is 2.67. The molecular weight excluding hydrogens is 212 g/mol. The Labute approximate surface area is 91.2 Å². The van der Waals surface area contributed by atoms with E-state index in [0.717, 1.165) is 16.9 Å². The zero-order valence-electron chi connectivity index (χ0n) is 7.68. The van der Waals surface area contributed by atoms with Gasteiger partial charge in [0.25, 0.3) is 0 Å². The van der Waals surface area contributed by atoms with Crippen LogP contribution in [-0.2, 0) is 0 Å². The van der Waals surface area contributed by atoms with Gasteiger partial charge in [0.05, 0.1) is 11.4 Å². The van der Waals surface area contributed by atoms with Crippen LogP contribution in [0.15, 0.2) is 41.7 Å². The summed E-state index contributed by atoms with van der Waals surface area (Å²) < 4.78 is 1.95. The van der Waals surface area contributed by atoms with Gasteiger partial charge in [0.2, 0.25) is 0 Å². The van der Waals surface area contributed by atoms with Gasteiger partial charge >= 0.3 is 0 Å². The first-order valence-electron chi connectivity index (χ1n) is 4.51. The molecule has 0 radical (unpaired) electrons. The van der Waals surface area contributed by atoms with Gasteiger partial charge in [0, 0.05) is 16.8 Å². The molecule has 0 unspecified atom stereocenters. The summed E-state index contributed by atoms with van der Waals surface area (Å²) in [6.45, 7) is 0. The Morgan fingerprint density at radius 1 is 1.27 bits per heavy atom. The second-order valence-corrected chi connectivity index (χ2v) is 3.81. The summed E-state index contributed by atoms with van der Waals surface area (Å²) >= 11 is 5.93. The van der Waals surface area contributed by atoms with Gasteiger partial charge in [-0.2, -0.15) is 0 Å². The highest BCUT2D eigenvalue weighted by Crippen LogP contribution is 2.30. The number of benzene rings is 1. The van der Waals surface area contributed by atoms with Crippen LogP contribution in [0.4, 0.5) is 0 Å². The molecule has 74 valence electrons. The third-order valence-electron chi connectivity index (χ3n) is 2.57. The van der Waals surface area contributed by atoms with E-state index in [2.05, 4.69) is 5.16 Å². The number of halogens is 1. The number of nitrogens with zero attached hydrogens (tertiary/aromatic N) is 2. The van der Waals surface area contributed by atoms with Crippen LogP contribution < -0.4 is 0 Å². The van der Waals surface area contributed by atoms with E-state index in [0.29, 0.717) is 10.7 Å². The lowest BCUT2D eigenvalue weighted by Crippen LogP contribution is -1.97. The maximum Gasteiger partial charge on any atom is 0.135 e. The molecule has 1 aliphatic rings. The Kier molecular flexibility index (Phi) is 1.64. The Morgan fingerprint density at radius 2 is 2.13 bits per heavy atom. The molecule has 0 saturated heterocycles. The molecule has 1 aliphatic heterocycles. The summed E-state index contributed by atoms with van der Waals surface area (Å²) in [6.07, 6.45) is 1.92. The van der Waals surface area contributed by atoms with E-state index < -0.39 is 0 Å². The first-order valence-corrected chi connectivity index (χ1v) is 4.89. The van der Waals surface area contributed by atoms with Crippen LogP contribution >= 0.6 is 11.6 Å². The number of oxime groups is 1. The Hall–Kier alpha value is -1.74. The minimum Gasteiger partial charge on any atom is -0.410 e. The van der Waals surface area contributed by atoms with Gasteiger partial charge in [0.1, 0.15) is 5.71 Å². The molecule has 0 fully saturated rings. The van der Waals surface area contributed by atoms with Crippen LogP contribution in [0.2, 0.25) is 5.02 Å². The molecule has 15 heavy (non-hydrogen) atoms. The third kappa shape index (κ3) is 1.04. The largest absolute Gasteiger partial charge is 0.410 e. The highest BCUT2D eigenvalue weighted by Gasteiger charge is 2.24. The first kappa shape index (κ1) is 8.56. The molecule has 3 rings (SSSR count). The zero-order chi connectivity index (χ0) is 10.4. The van der Waals surface area contributed by atoms with Crippen LogP contribution in [0, 0.1) is 0 Å². The Balaban J connectivity index is 2.39. The maximum atomic E-state index is 8.99. The second-order valence-electron chi connectivity index (χ2n) is 3.37. The van der Waals surface area contributed by atoms with Gasteiger partial charge in [-0.15, -0.1) is 0 Å². The van der Waals surface area contributed by atoms with Gasteiger partial charge in [-0.05, 0) is 30.3 Å². The van der Waals surface area contributed by atoms with Gasteiger partial charge in [-0.1, -0.05) is 16.8 Å². The lowest BCUT2D eigenvalue weighted by molar-refractivity contribution is 0.319. The molecule has 0 spiro atoms. The molecule has 4 heteroatoms. The zero-order valence-corrected chi connectivity index (χ0v) is 8.44. The fraction of sp³-hybridized carbons (Fsp3) is 0. The molecule has 1 aromatic heterocycles. The Bertz CT molecular complexity index is 572. The molecule has 0 bridgehead atoms. The van der Waals surface area contributed by atoms with E-state index in [1.807, 2.05) is 35.0 Å². The molecule has 0 amide bonds. The minimum absolute atomic E-state index is 0.590. The summed E-state index contributed by atoms with van der Waals surface area (Å²) in [5.74, 6) is 0. The molecule has 0 aliphatic carbocycles. The van der Waals surface area contributed by atoms with Gasteiger partial charge < -0.3 is 9.77 Å². The molecule has 3 nitrogen and oxygen atoms in total. The highest BCUT2D eigenvalue weighted by atomic mass is 35.5. The minimum atomic E-state index is 0.590. The molecule has 1 aromatic carbocycles. The van der Waals surface area contributed by atoms with Crippen molar-refractivity contribution in [2.45, 2.75) is 0 Å². The van der Waals surface area contributed by atoms with E-state index in [1.54, 1.807) is 6.07 Å². The van der Waals surface area contributed by atoms with Crippen molar-refractivity contribution in [3.8, 4) is 5.69 Å². The van der Waals surface area contributed by atoms with Crippen molar-refractivity contribution in [3.63, 3.8) is 0 Å². The predicted molar refractivity (Wildman–Crippen MR) is 58.2 cm³/mol. The fourth-order valence-corrected chi connectivity index (χ4v) is 2.10. The number of fused-ring (bicyclic) bond motifs is 3. The molecule has 2 aromatic rings.